The molecule has 0 bridgehead atoms. The maximum absolute atomic E-state index is 6.06. The van der Waals surface area contributed by atoms with E-state index in [1.807, 2.05) is 6.08 Å². The van der Waals surface area contributed by atoms with Gasteiger partial charge in [-0.2, -0.15) is 0 Å². The molecular formula is C39H40O8. The third-order valence-electron chi connectivity index (χ3n) is 8.95. The first kappa shape index (κ1) is 30.3. The second-order valence-electron chi connectivity index (χ2n) is 12.7. The first-order valence-electron chi connectivity index (χ1n) is 16.6. The Labute approximate surface area is 275 Å². The van der Waals surface area contributed by atoms with Gasteiger partial charge in [0.05, 0.1) is 26.4 Å². The Morgan fingerprint density at radius 2 is 0.915 bits per heavy atom. The summed E-state index contributed by atoms with van der Waals surface area (Å²) in [7, 11) is 0. The van der Waals surface area contributed by atoms with Gasteiger partial charge in [0, 0.05) is 17.8 Å². The average Bonchev–Trinajstić information content (AvgIpc) is 3.91. The van der Waals surface area contributed by atoms with E-state index in [2.05, 4.69) is 97.1 Å². The number of epoxide rings is 4. The minimum atomic E-state index is 0.00453. The Bertz CT molecular complexity index is 1500. The number of allylic oxidation sites excluding steroid dienone is 5. The van der Waals surface area contributed by atoms with Gasteiger partial charge in [0.2, 0.25) is 0 Å². The fourth-order valence-corrected chi connectivity index (χ4v) is 5.93. The maximum Gasteiger partial charge on any atom is 0.119 e. The van der Waals surface area contributed by atoms with Crippen molar-refractivity contribution in [2.75, 3.05) is 52.9 Å². The van der Waals surface area contributed by atoms with Crippen LogP contribution in [0.1, 0.15) is 28.5 Å². The van der Waals surface area contributed by atoms with Gasteiger partial charge in [-0.05, 0) is 65.2 Å². The topological polar surface area (TPSA) is 87.0 Å². The molecule has 3 aromatic rings. The Morgan fingerprint density at radius 3 is 1.34 bits per heavy atom. The van der Waals surface area contributed by atoms with Crippen molar-refractivity contribution in [1.82, 2.24) is 0 Å². The van der Waals surface area contributed by atoms with Crippen molar-refractivity contribution in [3.63, 3.8) is 0 Å². The average molecular weight is 637 g/mol. The summed E-state index contributed by atoms with van der Waals surface area (Å²) in [5.74, 6) is 3.47. The van der Waals surface area contributed by atoms with E-state index < -0.39 is 0 Å². The molecule has 0 saturated carbocycles. The van der Waals surface area contributed by atoms with Gasteiger partial charge in [-0.3, -0.25) is 0 Å². The van der Waals surface area contributed by atoms with Crippen molar-refractivity contribution in [3.8, 4) is 17.2 Å². The summed E-state index contributed by atoms with van der Waals surface area (Å²) in [6, 6.07) is 25.6. The van der Waals surface area contributed by atoms with Crippen molar-refractivity contribution in [2.45, 2.75) is 36.3 Å². The lowest BCUT2D eigenvalue weighted by molar-refractivity contribution is 0.193. The molecule has 3 aromatic carbocycles. The fourth-order valence-electron chi connectivity index (χ4n) is 5.93. The normalized spacial score (nSPS) is 26.4. The molecule has 8 rings (SSSR count). The van der Waals surface area contributed by atoms with E-state index >= 15 is 0 Å². The number of hydrogen-bond donors (Lipinski definition) is 0. The van der Waals surface area contributed by atoms with Gasteiger partial charge in [-0.1, -0.05) is 54.6 Å². The predicted molar refractivity (Wildman–Crippen MR) is 175 cm³/mol. The Balaban J connectivity index is 1.12. The van der Waals surface area contributed by atoms with Crippen LogP contribution in [-0.4, -0.2) is 77.3 Å². The largest absolute Gasteiger partial charge is 0.491 e. The molecule has 4 saturated heterocycles. The van der Waals surface area contributed by atoms with Crippen LogP contribution in [0.3, 0.4) is 0 Å². The van der Waals surface area contributed by atoms with Crippen molar-refractivity contribution in [3.05, 3.63) is 126 Å². The van der Waals surface area contributed by atoms with E-state index in [1.54, 1.807) is 0 Å². The lowest BCUT2D eigenvalue weighted by atomic mass is 9.70. The summed E-state index contributed by atoms with van der Waals surface area (Å²) in [5, 5.41) is 0. The van der Waals surface area contributed by atoms with Crippen molar-refractivity contribution in [2.24, 2.45) is 5.92 Å². The highest BCUT2D eigenvalue weighted by Gasteiger charge is 2.33. The molecule has 4 fully saturated rings. The molecule has 0 N–H and O–H groups in total. The highest BCUT2D eigenvalue weighted by molar-refractivity contribution is 5.45. The van der Waals surface area contributed by atoms with Gasteiger partial charge in [0.1, 0.15) is 73.9 Å². The molecule has 4 heterocycles. The molecule has 244 valence electrons. The van der Waals surface area contributed by atoms with Gasteiger partial charge in [0.25, 0.3) is 0 Å². The van der Waals surface area contributed by atoms with E-state index in [1.165, 1.54) is 16.7 Å². The first-order chi connectivity index (χ1) is 23.2. The number of rotatable bonds is 17. The third kappa shape index (κ3) is 8.45. The van der Waals surface area contributed by atoms with Gasteiger partial charge < -0.3 is 37.9 Å². The third-order valence-corrected chi connectivity index (χ3v) is 8.95. The smallest absolute Gasteiger partial charge is 0.119 e. The van der Waals surface area contributed by atoms with E-state index in [0.29, 0.717) is 26.4 Å². The van der Waals surface area contributed by atoms with Crippen molar-refractivity contribution in [1.29, 1.82) is 0 Å². The summed E-state index contributed by atoms with van der Waals surface area (Å²) < 4.78 is 45.4. The number of ether oxygens (including phenoxy) is 8. The molecule has 4 aliphatic heterocycles. The van der Waals surface area contributed by atoms with Gasteiger partial charge in [-0.15, -0.1) is 0 Å². The van der Waals surface area contributed by atoms with Crippen LogP contribution in [0, 0.1) is 5.92 Å². The monoisotopic (exact) mass is 636 g/mol. The summed E-state index contributed by atoms with van der Waals surface area (Å²) in [6.07, 6.45) is 11.6. The maximum atomic E-state index is 6.06. The molecule has 0 amide bonds. The van der Waals surface area contributed by atoms with Crippen LogP contribution in [0.5, 0.6) is 17.2 Å². The lowest BCUT2D eigenvalue weighted by Gasteiger charge is -2.33. The van der Waals surface area contributed by atoms with E-state index in [9.17, 15) is 0 Å². The molecule has 47 heavy (non-hydrogen) atoms. The zero-order valence-electron chi connectivity index (χ0n) is 26.3. The summed E-state index contributed by atoms with van der Waals surface area (Å²) in [4.78, 5) is 0. The van der Waals surface area contributed by atoms with Gasteiger partial charge in [-0.25, -0.2) is 0 Å². The van der Waals surface area contributed by atoms with Crippen molar-refractivity contribution >= 4 is 0 Å². The molecule has 6 unspecified atom stereocenters. The van der Waals surface area contributed by atoms with E-state index in [0.717, 1.165) is 49.4 Å². The quantitative estimate of drug-likeness (QED) is 0.168. The molecule has 8 heteroatoms. The van der Waals surface area contributed by atoms with Crippen LogP contribution in [-0.2, 0) is 23.7 Å². The minimum Gasteiger partial charge on any atom is -0.491 e. The molecule has 5 aliphatic rings. The molecule has 0 spiro atoms. The molecular weight excluding hydrogens is 596 g/mol. The fraction of sp³-hybridized carbons (Fsp3) is 0.385. The highest BCUT2D eigenvalue weighted by Crippen LogP contribution is 2.46. The molecule has 8 nitrogen and oxygen atoms in total. The number of hydrogen-bond acceptors (Lipinski definition) is 8. The number of benzene rings is 3. The van der Waals surface area contributed by atoms with Gasteiger partial charge in [0.15, 0.2) is 0 Å². The second kappa shape index (κ2) is 14.0. The highest BCUT2D eigenvalue weighted by atomic mass is 16.6. The standard InChI is InChI=1S/C39H40O8/c1-2-26(4-11-30(3-1)40-18-34-22-44-34)38(27-5-12-31(13-6-27)41-19-35-23-45-35)39(28-7-14-32(15-8-28)42-20-36-24-46-36)29-9-16-33(17-10-29)43-21-37-25-47-37/h1-17,26,34-39H,18-25H2. The predicted octanol–water partition coefficient (Wildman–Crippen LogP) is 5.98. The lowest BCUT2D eigenvalue weighted by Crippen LogP contribution is -2.20. The van der Waals surface area contributed by atoms with Gasteiger partial charge >= 0.3 is 0 Å². The van der Waals surface area contributed by atoms with E-state index in [-0.39, 0.29) is 42.2 Å². The zero-order valence-corrected chi connectivity index (χ0v) is 26.3. The van der Waals surface area contributed by atoms with Crippen LogP contribution in [0.25, 0.3) is 0 Å². The Morgan fingerprint density at radius 1 is 0.511 bits per heavy atom. The molecule has 0 aromatic heterocycles. The van der Waals surface area contributed by atoms with E-state index in [4.69, 9.17) is 37.9 Å². The first-order valence-corrected chi connectivity index (χ1v) is 16.6. The SMILES string of the molecule is C1=CC(C(c2ccc(OCC3CO3)cc2)C(c2ccc(OCC3CO3)cc2)c2ccc(OCC3CO3)cc2)C=CC(OCC2CO2)=C1. The minimum absolute atomic E-state index is 0.00453. The van der Waals surface area contributed by atoms with Crippen LogP contribution < -0.4 is 14.2 Å². The molecule has 0 radical (unpaired) electrons. The summed E-state index contributed by atoms with van der Waals surface area (Å²) >= 11 is 0. The van der Waals surface area contributed by atoms with Crippen molar-refractivity contribution < 1.29 is 37.9 Å². The Kier molecular flexibility index (Phi) is 8.99. The van der Waals surface area contributed by atoms with Crippen LogP contribution in [0.2, 0.25) is 0 Å². The van der Waals surface area contributed by atoms with Crippen LogP contribution in [0.15, 0.2) is 109 Å². The second-order valence-corrected chi connectivity index (χ2v) is 12.7. The van der Waals surface area contributed by atoms with Crippen LogP contribution in [0.4, 0.5) is 0 Å². The molecule has 6 atom stereocenters. The molecule has 1 aliphatic carbocycles. The van der Waals surface area contributed by atoms with Crippen LogP contribution >= 0.6 is 0 Å². The Hall–Kier alpha value is -4.08. The summed E-state index contributed by atoms with van der Waals surface area (Å²) in [5.41, 5.74) is 3.59. The zero-order chi connectivity index (χ0) is 31.4. The summed E-state index contributed by atoms with van der Waals surface area (Å²) in [6.45, 7) is 5.36.